The molecule has 2 rings (SSSR count). The first-order valence-electron chi connectivity index (χ1n) is 5.53. The third-order valence-corrected chi connectivity index (χ3v) is 2.88. The minimum absolute atomic E-state index is 0.0455. The lowest BCUT2D eigenvalue weighted by Crippen LogP contribution is -2.06. The van der Waals surface area contributed by atoms with Crippen LogP contribution in [0.2, 0.25) is 5.02 Å². The average molecular weight is 285 g/mol. The molecule has 0 bridgehead atoms. The van der Waals surface area contributed by atoms with Gasteiger partial charge in [-0.05, 0) is 12.5 Å². The standard InChI is InChI=1S/C12H11ClF2N4/c1-2-7-11(16)17-5-18-12(7)19-10-8(13)3-6(14)4-9(10)15/h3-5H,2H2,1H3,(H3,16,17,18,19). The molecule has 0 spiro atoms. The van der Waals surface area contributed by atoms with Crippen LogP contribution in [-0.4, -0.2) is 9.97 Å². The number of hydrogen-bond acceptors (Lipinski definition) is 4. The second-order valence-electron chi connectivity index (χ2n) is 3.81. The Morgan fingerprint density at radius 1 is 1.32 bits per heavy atom. The van der Waals surface area contributed by atoms with E-state index in [1.54, 1.807) is 0 Å². The molecule has 0 aliphatic heterocycles. The smallest absolute Gasteiger partial charge is 0.151 e. The lowest BCUT2D eigenvalue weighted by Gasteiger charge is -2.12. The van der Waals surface area contributed by atoms with Gasteiger partial charge in [-0.15, -0.1) is 0 Å². The maximum absolute atomic E-state index is 13.7. The highest BCUT2D eigenvalue weighted by Gasteiger charge is 2.14. The second kappa shape index (κ2) is 5.36. The number of nitrogens with one attached hydrogen (secondary N) is 1. The summed E-state index contributed by atoms with van der Waals surface area (Å²) < 4.78 is 26.6. The van der Waals surface area contributed by atoms with Crippen molar-refractivity contribution >= 4 is 28.9 Å². The van der Waals surface area contributed by atoms with Crippen molar-refractivity contribution in [2.45, 2.75) is 13.3 Å². The van der Waals surface area contributed by atoms with E-state index >= 15 is 0 Å². The van der Waals surface area contributed by atoms with Gasteiger partial charge in [0, 0.05) is 11.6 Å². The number of benzene rings is 1. The molecule has 0 radical (unpaired) electrons. The van der Waals surface area contributed by atoms with Crippen molar-refractivity contribution in [3.05, 3.63) is 40.7 Å². The minimum atomic E-state index is -0.802. The normalized spacial score (nSPS) is 10.5. The van der Waals surface area contributed by atoms with Gasteiger partial charge in [-0.2, -0.15) is 0 Å². The van der Waals surface area contributed by atoms with Crippen molar-refractivity contribution in [3.8, 4) is 0 Å². The Kier molecular flexibility index (Phi) is 3.80. The minimum Gasteiger partial charge on any atom is -0.383 e. The first-order valence-corrected chi connectivity index (χ1v) is 5.91. The number of aromatic nitrogens is 2. The molecule has 2 aromatic rings. The van der Waals surface area contributed by atoms with Crippen molar-refractivity contribution in [2.75, 3.05) is 11.1 Å². The monoisotopic (exact) mass is 284 g/mol. The Morgan fingerprint density at radius 3 is 2.68 bits per heavy atom. The fraction of sp³-hybridized carbons (Fsp3) is 0.167. The highest BCUT2D eigenvalue weighted by Crippen LogP contribution is 2.30. The second-order valence-corrected chi connectivity index (χ2v) is 4.22. The molecule has 7 heteroatoms. The molecule has 0 aliphatic carbocycles. The Labute approximate surface area is 113 Å². The van der Waals surface area contributed by atoms with E-state index in [1.165, 1.54) is 6.33 Å². The van der Waals surface area contributed by atoms with Gasteiger partial charge in [0.15, 0.2) is 5.82 Å². The van der Waals surface area contributed by atoms with E-state index in [9.17, 15) is 8.78 Å². The summed E-state index contributed by atoms with van der Waals surface area (Å²) in [5, 5.41) is 2.65. The van der Waals surface area contributed by atoms with Crippen molar-refractivity contribution in [2.24, 2.45) is 0 Å². The Balaban J connectivity index is 2.45. The van der Waals surface area contributed by atoms with E-state index in [2.05, 4.69) is 15.3 Å². The Hall–Kier alpha value is -1.95. The predicted octanol–water partition coefficient (Wildman–Crippen LogP) is 3.30. The summed E-state index contributed by atoms with van der Waals surface area (Å²) in [4.78, 5) is 7.84. The SMILES string of the molecule is CCc1c(N)ncnc1Nc1c(F)cc(F)cc1Cl. The van der Waals surface area contributed by atoms with Crippen molar-refractivity contribution in [1.29, 1.82) is 0 Å². The lowest BCUT2D eigenvalue weighted by atomic mass is 10.2. The number of halogens is 3. The molecule has 0 saturated heterocycles. The largest absolute Gasteiger partial charge is 0.383 e. The van der Waals surface area contributed by atoms with E-state index in [0.29, 0.717) is 23.6 Å². The number of rotatable bonds is 3. The van der Waals surface area contributed by atoms with Gasteiger partial charge in [0.1, 0.15) is 23.8 Å². The number of nitrogens with two attached hydrogens (primary N) is 1. The quantitative estimate of drug-likeness (QED) is 0.908. The highest BCUT2D eigenvalue weighted by atomic mass is 35.5. The summed E-state index contributed by atoms with van der Waals surface area (Å²) in [7, 11) is 0. The van der Waals surface area contributed by atoms with Crippen LogP contribution in [0.25, 0.3) is 0 Å². The zero-order chi connectivity index (χ0) is 14.0. The Bertz CT molecular complexity index is 596. The van der Waals surface area contributed by atoms with E-state index < -0.39 is 11.6 Å². The summed E-state index contributed by atoms with van der Waals surface area (Å²) in [6.45, 7) is 1.86. The highest BCUT2D eigenvalue weighted by molar-refractivity contribution is 6.33. The molecule has 1 aromatic heterocycles. The molecule has 0 saturated carbocycles. The van der Waals surface area contributed by atoms with Gasteiger partial charge in [-0.25, -0.2) is 18.7 Å². The number of hydrogen-bond donors (Lipinski definition) is 2. The first kappa shape index (κ1) is 13.5. The number of nitrogens with zero attached hydrogens (tertiary/aromatic N) is 2. The molecule has 0 fully saturated rings. The summed E-state index contributed by atoms with van der Waals surface area (Å²) in [5.41, 5.74) is 6.30. The zero-order valence-corrected chi connectivity index (χ0v) is 10.8. The molecule has 0 atom stereocenters. The molecule has 0 aliphatic rings. The molecule has 19 heavy (non-hydrogen) atoms. The third kappa shape index (κ3) is 2.73. The number of anilines is 3. The van der Waals surface area contributed by atoms with Crippen LogP contribution in [0.1, 0.15) is 12.5 Å². The Morgan fingerprint density at radius 2 is 2.05 bits per heavy atom. The fourth-order valence-electron chi connectivity index (χ4n) is 1.66. The van der Waals surface area contributed by atoms with Gasteiger partial charge in [0.25, 0.3) is 0 Å². The zero-order valence-electron chi connectivity index (χ0n) is 10.0. The van der Waals surface area contributed by atoms with Crippen LogP contribution >= 0.6 is 11.6 Å². The predicted molar refractivity (Wildman–Crippen MR) is 70.5 cm³/mol. The van der Waals surface area contributed by atoms with Crippen LogP contribution in [0.5, 0.6) is 0 Å². The molecule has 100 valence electrons. The van der Waals surface area contributed by atoms with Crippen LogP contribution in [0.15, 0.2) is 18.5 Å². The first-order chi connectivity index (χ1) is 9.02. The summed E-state index contributed by atoms with van der Waals surface area (Å²) >= 11 is 5.80. The maximum atomic E-state index is 13.7. The molecular weight excluding hydrogens is 274 g/mol. The van der Waals surface area contributed by atoms with Gasteiger partial charge >= 0.3 is 0 Å². The summed E-state index contributed by atoms with van der Waals surface area (Å²) in [6.07, 6.45) is 1.82. The summed E-state index contributed by atoms with van der Waals surface area (Å²) in [5.74, 6) is -0.892. The van der Waals surface area contributed by atoms with Gasteiger partial charge in [-0.1, -0.05) is 18.5 Å². The van der Waals surface area contributed by atoms with Crippen LogP contribution in [0.3, 0.4) is 0 Å². The molecule has 1 aromatic carbocycles. The van der Waals surface area contributed by atoms with E-state index in [1.807, 2.05) is 6.92 Å². The van der Waals surface area contributed by atoms with Crippen LogP contribution in [0.4, 0.5) is 26.1 Å². The van der Waals surface area contributed by atoms with Crippen molar-refractivity contribution in [1.82, 2.24) is 9.97 Å². The summed E-state index contributed by atoms with van der Waals surface area (Å²) in [6, 6.07) is 1.76. The van der Waals surface area contributed by atoms with E-state index in [-0.39, 0.29) is 10.7 Å². The van der Waals surface area contributed by atoms with E-state index in [4.69, 9.17) is 17.3 Å². The molecule has 4 nitrogen and oxygen atoms in total. The lowest BCUT2D eigenvalue weighted by molar-refractivity contribution is 0.586. The van der Waals surface area contributed by atoms with Crippen LogP contribution in [0, 0.1) is 11.6 Å². The van der Waals surface area contributed by atoms with Crippen LogP contribution in [-0.2, 0) is 6.42 Å². The molecule has 3 N–H and O–H groups in total. The van der Waals surface area contributed by atoms with Gasteiger partial charge in [-0.3, -0.25) is 0 Å². The number of nitrogen functional groups attached to an aromatic ring is 1. The van der Waals surface area contributed by atoms with Crippen molar-refractivity contribution < 1.29 is 8.78 Å². The van der Waals surface area contributed by atoms with Gasteiger partial charge < -0.3 is 11.1 Å². The third-order valence-electron chi connectivity index (χ3n) is 2.58. The fourth-order valence-corrected chi connectivity index (χ4v) is 1.90. The van der Waals surface area contributed by atoms with E-state index in [0.717, 1.165) is 12.1 Å². The average Bonchev–Trinajstić information content (AvgIpc) is 2.34. The van der Waals surface area contributed by atoms with Crippen LogP contribution < -0.4 is 11.1 Å². The van der Waals surface area contributed by atoms with Gasteiger partial charge in [0.05, 0.1) is 10.7 Å². The molecule has 0 amide bonds. The molecular formula is C12H11ClF2N4. The molecule has 1 heterocycles. The molecule has 0 unspecified atom stereocenters. The van der Waals surface area contributed by atoms with Gasteiger partial charge in [0.2, 0.25) is 0 Å². The topological polar surface area (TPSA) is 63.8 Å². The van der Waals surface area contributed by atoms with Crippen molar-refractivity contribution in [3.63, 3.8) is 0 Å². The maximum Gasteiger partial charge on any atom is 0.151 e.